The van der Waals surface area contributed by atoms with Crippen molar-refractivity contribution >= 4 is 0 Å². The lowest BCUT2D eigenvalue weighted by Gasteiger charge is -2.18. The molecule has 4 N–H and O–H groups in total. The van der Waals surface area contributed by atoms with Crippen molar-refractivity contribution in [1.82, 2.24) is 5.32 Å². The number of likely N-dealkylation sites (N-methyl/N-ethyl adjacent to an activating group) is 1. The van der Waals surface area contributed by atoms with Crippen molar-refractivity contribution in [3.05, 3.63) is 124 Å². The van der Waals surface area contributed by atoms with E-state index in [9.17, 15) is 15.3 Å². The molecule has 2 atom stereocenters. The van der Waals surface area contributed by atoms with Gasteiger partial charge < -0.3 is 20.6 Å². The highest BCUT2D eigenvalue weighted by Crippen LogP contribution is 2.35. The van der Waals surface area contributed by atoms with Gasteiger partial charge in [0.15, 0.2) is 0 Å². The Labute approximate surface area is 408 Å². The summed E-state index contributed by atoms with van der Waals surface area (Å²) in [6.07, 6.45) is 30.3. The van der Waals surface area contributed by atoms with Crippen LogP contribution >= 0.6 is 0 Å². The minimum atomic E-state index is -0.509. The number of nitrogens with one attached hydrogen (secondary N) is 1. The molecule has 66 heavy (non-hydrogen) atoms. The van der Waals surface area contributed by atoms with E-state index in [0.29, 0.717) is 5.75 Å². The molecule has 0 aromatic heterocycles. The zero-order valence-corrected chi connectivity index (χ0v) is 45.2. The fourth-order valence-corrected chi connectivity index (χ4v) is 8.43. The Morgan fingerprint density at radius 1 is 0.712 bits per heavy atom. The molecule has 3 aromatic rings. The molecule has 0 heterocycles. The number of phenolic OH excluding ortho intramolecular Hbond substituents is 1. The SMILES string of the molecule is C=C/C(=C\C(=C/C)CCc1cc(CCC)c(O)cc1CCCC(CO)C(C)O)NC.CCC.CCCCC.CCCCCCC(C)C.CCCc1cccc(-c2cccc3c2CCC3)c1C. The number of unbranched alkanes of at least 4 members (excludes halogenated alkanes) is 5. The quantitative estimate of drug-likeness (QED) is 0.0534. The molecule has 0 bridgehead atoms. The smallest absolute Gasteiger partial charge is 0.119 e. The van der Waals surface area contributed by atoms with Gasteiger partial charge in [-0.2, -0.15) is 0 Å². The summed E-state index contributed by atoms with van der Waals surface area (Å²) in [5.41, 5.74) is 14.7. The van der Waals surface area contributed by atoms with Crippen molar-refractivity contribution in [3.63, 3.8) is 0 Å². The molecule has 4 rings (SSSR count). The number of aliphatic hydroxyl groups excluding tert-OH is 2. The summed E-state index contributed by atoms with van der Waals surface area (Å²) in [6.45, 7) is 29.8. The van der Waals surface area contributed by atoms with E-state index in [1.54, 1.807) is 18.1 Å². The Bertz CT molecular complexity index is 1750. The first kappa shape index (κ1) is 62.4. The average molecular weight is 911 g/mol. The third kappa shape index (κ3) is 25.5. The van der Waals surface area contributed by atoms with Gasteiger partial charge in [-0.25, -0.2) is 0 Å². The Balaban J connectivity index is 0.000000987. The Morgan fingerprint density at radius 3 is 1.88 bits per heavy atom. The number of hydrogen-bond acceptors (Lipinski definition) is 4. The number of aromatic hydroxyl groups is 1. The van der Waals surface area contributed by atoms with Crippen LogP contribution in [0.5, 0.6) is 5.75 Å². The number of allylic oxidation sites excluding steroid dienone is 4. The van der Waals surface area contributed by atoms with Crippen molar-refractivity contribution < 1.29 is 15.3 Å². The van der Waals surface area contributed by atoms with Gasteiger partial charge in [0.1, 0.15) is 5.75 Å². The number of benzene rings is 3. The first-order chi connectivity index (χ1) is 31.8. The average Bonchev–Trinajstić information content (AvgIpc) is 3.80. The van der Waals surface area contributed by atoms with Gasteiger partial charge in [0.05, 0.1) is 6.10 Å². The molecule has 0 aliphatic heterocycles. The van der Waals surface area contributed by atoms with E-state index in [4.69, 9.17) is 0 Å². The molecule has 0 fully saturated rings. The Hall–Kier alpha value is -3.60. The molecule has 2 unspecified atom stereocenters. The van der Waals surface area contributed by atoms with E-state index in [0.717, 1.165) is 67.7 Å². The molecule has 374 valence electrons. The minimum absolute atomic E-state index is 0.000693. The van der Waals surface area contributed by atoms with Crippen LogP contribution in [0.25, 0.3) is 11.1 Å². The number of aryl methyl sites for hydroxylation is 5. The van der Waals surface area contributed by atoms with E-state index in [1.807, 2.05) is 26.1 Å². The summed E-state index contributed by atoms with van der Waals surface area (Å²) in [5, 5.41) is 32.8. The number of aliphatic hydroxyl groups is 2. The van der Waals surface area contributed by atoms with Crippen LogP contribution in [0.1, 0.15) is 211 Å². The molecule has 1 aliphatic rings. The fourth-order valence-electron chi connectivity index (χ4n) is 8.43. The Morgan fingerprint density at radius 2 is 1.33 bits per heavy atom. The molecule has 4 nitrogen and oxygen atoms in total. The highest BCUT2D eigenvalue weighted by atomic mass is 16.3. The molecule has 0 spiro atoms. The van der Waals surface area contributed by atoms with E-state index in [-0.39, 0.29) is 12.5 Å². The lowest BCUT2D eigenvalue weighted by molar-refractivity contribution is 0.0746. The van der Waals surface area contributed by atoms with Gasteiger partial charge in [-0.1, -0.05) is 188 Å². The normalized spacial score (nSPS) is 12.8. The lowest BCUT2D eigenvalue weighted by Crippen LogP contribution is -2.20. The molecule has 4 heteroatoms. The predicted molar refractivity (Wildman–Crippen MR) is 294 cm³/mol. The van der Waals surface area contributed by atoms with Crippen molar-refractivity contribution in [2.24, 2.45) is 11.8 Å². The summed E-state index contributed by atoms with van der Waals surface area (Å²) in [5.74, 6) is 1.18. The zero-order valence-electron chi connectivity index (χ0n) is 45.2. The van der Waals surface area contributed by atoms with Crippen molar-refractivity contribution in [2.45, 2.75) is 224 Å². The predicted octanol–water partition coefficient (Wildman–Crippen LogP) is 17.2. The van der Waals surface area contributed by atoms with Crippen molar-refractivity contribution in [2.75, 3.05) is 13.7 Å². The summed E-state index contributed by atoms with van der Waals surface area (Å²) in [4.78, 5) is 0. The van der Waals surface area contributed by atoms with Crippen LogP contribution in [-0.4, -0.2) is 35.1 Å². The highest BCUT2D eigenvalue weighted by Gasteiger charge is 2.18. The largest absolute Gasteiger partial charge is 0.508 e. The van der Waals surface area contributed by atoms with Gasteiger partial charge in [0.25, 0.3) is 0 Å². The van der Waals surface area contributed by atoms with Gasteiger partial charge >= 0.3 is 0 Å². The van der Waals surface area contributed by atoms with Gasteiger partial charge in [0, 0.05) is 25.3 Å². The number of rotatable bonds is 24. The maximum Gasteiger partial charge on any atom is 0.119 e. The Kier molecular flexibility index (Phi) is 37.3. The molecule has 1 aliphatic carbocycles. The highest BCUT2D eigenvalue weighted by molar-refractivity contribution is 5.73. The van der Waals surface area contributed by atoms with Crippen LogP contribution in [0.2, 0.25) is 0 Å². The third-order valence-corrected chi connectivity index (χ3v) is 12.5. The zero-order chi connectivity index (χ0) is 49.7. The summed E-state index contributed by atoms with van der Waals surface area (Å²) < 4.78 is 0. The maximum absolute atomic E-state index is 10.5. The summed E-state index contributed by atoms with van der Waals surface area (Å²) in [6, 6.07) is 17.7. The van der Waals surface area contributed by atoms with Crippen LogP contribution < -0.4 is 5.32 Å². The van der Waals surface area contributed by atoms with Crippen LogP contribution in [-0.2, 0) is 38.5 Å². The fraction of sp³-hybridized carbons (Fsp3) is 0.613. The molecule has 3 aromatic carbocycles. The van der Waals surface area contributed by atoms with Crippen LogP contribution in [0.15, 0.2) is 84.6 Å². The van der Waals surface area contributed by atoms with Crippen LogP contribution in [0.4, 0.5) is 0 Å². The van der Waals surface area contributed by atoms with E-state index >= 15 is 0 Å². The monoisotopic (exact) mass is 910 g/mol. The second-order valence-corrected chi connectivity index (χ2v) is 18.9. The van der Waals surface area contributed by atoms with Crippen molar-refractivity contribution in [1.29, 1.82) is 0 Å². The minimum Gasteiger partial charge on any atom is -0.508 e. The molecule has 0 amide bonds. The van der Waals surface area contributed by atoms with Gasteiger partial charge in [0.2, 0.25) is 0 Å². The second-order valence-electron chi connectivity index (χ2n) is 18.9. The van der Waals surface area contributed by atoms with E-state index < -0.39 is 6.10 Å². The molecule has 0 saturated heterocycles. The van der Waals surface area contributed by atoms with E-state index in [1.165, 1.54) is 123 Å². The van der Waals surface area contributed by atoms with Crippen molar-refractivity contribution in [3.8, 4) is 16.9 Å². The topological polar surface area (TPSA) is 72.7 Å². The molecular formula is C62H103NO3. The second kappa shape index (κ2) is 39.4. The number of hydrogen-bond donors (Lipinski definition) is 4. The van der Waals surface area contributed by atoms with Crippen LogP contribution in [0, 0.1) is 18.8 Å². The maximum atomic E-state index is 10.5. The standard InChI is InChI=1S/C26H41NO3.C19H22.C9H20.C5H12.C3H8/c1-6-10-23-16-22(14-13-20(7-2)15-25(8-3)27-5)21(17-26(23)30)11-9-12-24(18-28)19(4)29;1-3-7-15-8-4-11-17(14(15)2)19-13-6-10-16-9-5-12-18(16)19;1-4-5-6-7-8-9(2)3;1-3-5-4-2;1-3-2/h7-8,15-17,19,24,27-30H,3,6,9-14,18H2,1-2,4-5H3;4,6,8,10-11,13H,3,5,7,9,12H2,1-2H3;9H,4-8H2,1-3H3;3-5H2,1-2H3;3H2,1-2H3/b20-7-,25-15+;;;;. The first-order valence-electron chi connectivity index (χ1n) is 26.8. The lowest BCUT2D eigenvalue weighted by atomic mass is 9.90. The van der Waals surface area contributed by atoms with Crippen LogP contribution in [0.3, 0.4) is 0 Å². The third-order valence-electron chi connectivity index (χ3n) is 12.5. The number of fused-ring (bicyclic) bond motifs is 1. The van der Waals surface area contributed by atoms with Gasteiger partial charge in [-0.3, -0.25) is 0 Å². The number of phenols is 1. The molecule has 0 radical (unpaired) electrons. The first-order valence-corrected chi connectivity index (χ1v) is 26.8. The summed E-state index contributed by atoms with van der Waals surface area (Å²) >= 11 is 0. The van der Waals surface area contributed by atoms with Gasteiger partial charge in [-0.05, 0) is 165 Å². The van der Waals surface area contributed by atoms with Gasteiger partial charge in [-0.15, -0.1) is 0 Å². The summed E-state index contributed by atoms with van der Waals surface area (Å²) in [7, 11) is 1.89. The molecular weight excluding hydrogens is 807 g/mol. The molecule has 0 saturated carbocycles. The van der Waals surface area contributed by atoms with E-state index in [2.05, 4.69) is 136 Å².